The first-order chi connectivity index (χ1) is 9.61. The van der Waals surface area contributed by atoms with Gasteiger partial charge in [0.1, 0.15) is 0 Å². The lowest BCUT2D eigenvalue weighted by Crippen LogP contribution is -2.22. The lowest BCUT2D eigenvalue weighted by Gasteiger charge is -2.18. The highest BCUT2D eigenvalue weighted by Gasteiger charge is 2.15. The van der Waals surface area contributed by atoms with Crippen LogP contribution in [0.5, 0.6) is 0 Å². The molecule has 1 unspecified atom stereocenters. The second-order valence-electron chi connectivity index (χ2n) is 5.35. The van der Waals surface area contributed by atoms with Crippen LogP contribution in [0.3, 0.4) is 0 Å². The third-order valence-corrected chi connectivity index (χ3v) is 5.10. The molecular formula is C17H22BrNS. The number of hydrogen-bond donors (Lipinski definition) is 1. The molecule has 0 amide bonds. The van der Waals surface area contributed by atoms with E-state index in [0.29, 0.717) is 12.0 Å². The molecule has 0 bridgehead atoms. The van der Waals surface area contributed by atoms with Crippen molar-refractivity contribution < 1.29 is 0 Å². The average Bonchev–Trinajstić information content (AvgIpc) is 2.86. The van der Waals surface area contributed by atoms with Gasteiger partial charge in [-0.15, -0.1) is 11.3 Å². The van der Waals surface area contributed by atoms with Crippen LogP contribution in [0.15, 0.2) is 40.2 Å². The Morgan fingerprint density at radius 1 is 1.05 bits per heavy atom. The number of thiophene rings is 1. The molecule has 1 aromatic heterocycles. The van der Waals surface area contributed by atoms with E-state index < -0.39 is 0 Å². The molecule has 1 aromatic carbocycles. The molecule has 2 rings (SSSR count). The third kappa shape index (κ3) is 3.94. The van der Waals surface area contributed by atoms with Gasteiger partial charge in [0, 0.05) is 4.88 Å². The molecule has 3 heteroatoms. The Hall–Kier alpha value is -0.640. The van der Waals surface area contributed by atoms with Crippen molar-refractivity contribution in [3.8, 4) is 0 Å². The van der Waals surface area contributed by atoms with Gasteiger partial charge in [0.25, 0.3) is 0 Å². The zero-order valence-corrected chi connectivity index (χ0v) is 14.7. The monoisotopic (exact) mass is 351 g/mol. The fourth-order valence-corrected chi connectivity index (χ4v) is 3.76. The van der Waals surface area contributed by atoms with Crippen LogP contribution in [0.1, 0.15) is 55.2 Å². The number of benzene rings is 1. The Balaban J connectivity index is 2.26. The molecule has 2 aromatic rings. The lowest BCUT2D eigenvalue weighted by molar-refractivity contribution is 0.605. The fourth-order valence-electron chi connectivity index (χ4n) is 2.23. The SMILES string of the molecule is CCCNC(c1ccc(C(C)C)cc1)c1ccc(Br)s1. The summed E-state index contributed by atoms with van der Waals surface area (Å²) < 4.78 is 1.19. The number of halogens is 1. The van der Waals surface area contributed by atoms with Crippen LogP contribution < -0.4 is 5.32 Å². The van der Waals surface area contributed by atoms with Crippen LogP contribution in [0.4, 0.5) is 0 Å². The first-order valence-electron chi connectivity index (χ1n) is 7.20. The standard InChI is InChI=1S/C17H22BrNS/c1-4-11-19-17(15-9-10-16(18)20-15)14-7-5-13(6-8-14)12(2)3/h5-10,12,17,19H,4,11H2,1-3H3. The van der Waals surface area contributed by atoms with Crippen LogP contribution in [0.25, 0.3) is 0 Å². The summed E-state index contributed by atoms with van der Waals surface area (Å²) in [6.45, 7) is 7.71. The van der Waals surface area contributed by atoms with Gasteiger partial charge in [0.2, 0.25) is 0 Å². The molecule has 1 atom stereocenters. The van der Waals surface area contributed by atoms with Crippen molar-refractivity contribution in [3.63, 3.8) is 0 Å². The predicted molar refractivity (Wildman–Crippen MR) is 92.7 cm³/mol. The van der Waals surface area contributed by atoms with E-state index in [1.165, 1.54) is 19.8 Å². The average molecular weight is 352 g/mol. The van der Waals surface area contributed by atoms with Crippen molar-refractivity contribution in [1.29, 1.82) is 0 Å². The Bertz CT molecular complexity index is 530. The van der Waals surface area contributed by atoms with Gasteiger partial charge in [-0.1, -0.05) is 45.0 Å². The van der Waals surface area contributed by atoms with Crippen LogP contribution >= 0.6 is 27.3 Å². The summed E-state index contributed by atoms with van der Waals surface area (Å²) >= 11 is 5.37. The van der Waals surface area contributed by atoms with E-state index >= 15 is 0 Å². The topological polar surface area (TPSA) is 12.0 Å². The van der Waals surface area contributed by atoms with Crippen molar-refractivity contribution in [2.75, 3.05) is 6.54 Å². The van der Waals surface area contributed by atoms with E-state index in [1.54, 1.807) is 11.3 Å². The van der Waals surface area contributed by atoms with Gasteiger partial charge >= 0.3 is 0 Å². The van der Waals surface area contributed by atoms with Crippen LogP contribution in [0.2, 0.25) is 0 Å². The molecule has 0 fully saturated rings. The Labute approximate surface area is 134 Å². The fraction of sp³-hybridized carbons (Fsp3) is 0.412. The maximum atomic E-state index is 3.65. The van der Waals surface area contributed by atoms with Crippen molar-refractivity contribution in [2.24, 2.45) is 0 Å². The molecular weight excluding hydrogens is 330 g/mol. The van der Waals surface area contributed by atoms with E-state index in [2.05, 4.69) is 78.4 Å². The Morgan fingerprint density at radius 2 is 1.70 bits per heavy atom. The summed E-state index contributed by atoms with van der Waals surface area (Å²) in [5, 5.41) is 3.65. The molecule has 0 aliphatic carbocycles. The second-order valence-corrected chi connectivity index (χ2v) is 7.84. The van der Waals surface area contributed by atoms with E-state index in [-0.39, 0.29) is 0 Å². The third-order valence-electron chi connectivity index (χ3n) is 3.41. The minimum atomic E-state index is 0.299. The highest BCUT2D eigenvalue weighted by molar-refractivity contribution is 9.11. The van der Waals surface area contributed by atoms with Gasteiger partial charge in [-0.2, -0.15) is 0 Å². The largest absolute Gasteiger partial charge is 0.306 e. The van der Waals surface area contributed by atoms with Gasteiger partial charge in [-0.3, -0.25) is 0 Å². The van der Waals surface area contributed by atoms with Crippen molar-refractivity contribution in [3.05, 3.63) is 56.2 Å². The molecule has 1 N–H and O–H groups in total. The Kier molecular flexibility index (Phi) is 5.82. The molecule has 20 heavy (non-hydrogen) atoms. The number of hydrogen-bond acceptors (Lipinski definition) is 2. The maximum Gasteiger partial charge on any atom is 0.0702 e. The van der Waals surface area contributed by atoms with Gasteiger partial charge in [0.15, 0.2) is 0 Å². The van der Waals surface area contributed by atoms with Gasteiger partial charge in [-0.25, -0.2) is 0 Å². The summed E-state index contributed by atoms with van der Waals surface area (Å²) in [4.78, 5) is 1.36. The molecule has 0 radical (unpaired) electrons. The Morgan fingerprint density at radius 3 is 2.20 bits per heavy atom. The molecule has 1 heterocycles. The number of rotatable bonds is 6. The molecule has 1 nitrogen and oxygen atoms in total. The van der Waals surface area contributed by atoms with E-state index in [4.69, 9.17) is 0 Å². The summed E-state index contributed by atoms with van der Waals surface area (Å²) in [5.41, 5.74) is 2.74. The van der Waals surface area contributed by atoms with Crippen molar-refractivity contribution >= 4 is 27.3 Å². The zero-order chi connectivity index (χ0) is 14.5. The molecule has 108 valence electrons. The summed E-state index contributed by atoms with van der Waals surface area (Å²) in [6, 6.07) is 13.7. The maximum absolute atomic E-state index is 3.65. The van der Waals surface area contributed by atoms with Crippen LogP contribution in [-0.2, 0) is 0 Å². The lowest BCUT2D eigenvalue weighted by atomic mass is 9.98. The molecule has 0 aliphatic heterocycles. The predicted octanol–water partition coefficient (Wildman–Crippen LogP) is 5.72. The highest BCUT2D eigenvalue weighted by atomic mass is 79.9. The van der Waals surface area contributed by atoms with Gasteiger partial charge < -0.3 is 5.32 Å². The smallest absolute Gasteiger partial charge is 0.0702 e. The van der Waals surface area contributed by atoms with Crippen molar-refractivity contribution in [1.82, 2.24) is 5.32 Å². The van der Waals surface area contributed by atoms with E-state index in [9.17, 15) is 0 Å². The summed E-state index contributed by atoms with van der Waals surface area (Å²) in [5.74, 6) is 0.585. The summed E-state index contributed by atoms with van der Waals surface area (Å²) in [6.07, 6.45) is 1.15. The first kappa shape index (κ1) is 15.7. The van der Waals surface area contributed by atoms with Gasteiger partial charge in [-0.05, 0) is 58.1 Å². The molecule has 0 aliphatic rings. The molecule has 0 saturated heterocycles. The van der Waals surface area contributed by atoms with Crippen molar-refractivity contribution in [2.45, 2.75) is 39.2 Å². The zero-order valence-electron chi connectivity index (χ0n) is 12.3. The summed E-state index contributed by atoms with van der Waals surface area (Å²) in [7, 11) is 0. The van der Waals surface area contributed by atoms with Crippen LogP contribution in [-0.4, -0.2) is 6.54 Å². The quantitative estimate of drug-likeness (QED) is 0.701. The minimum Gasteiger partial charge on any atom is -0.306 e. The van der Waals surface area contributed by atoms with Crippen LogP contribution in [0, 0.1) is 0 Å². The van der Waals surface area contributed by atoms with E-state index in [1.807, 2.05) is 0 Å². The minimum absolute atomic E-state index is 0.299. The first-order valence-corrected chi connectivity index (χ1v) is 8.81. The molecule has 0 saturated carbocycles. The highest BCUT2D eigenvalue weighted by Crippen LogP contribution is 2.31. The van der Waals surface area contributed by atoms with E-state index in [0.717, 1.165) is 13.0 Å². The normalized spacial score (nSPS) is 12.8. The van der Waals surface area contributed by atoms with Gasteiger partial charge in [0.05, 0.1) is 9.83 Å². The second kappa shape index (κ2) is 7.39. The molecule has 0 spiro atoms. The number of nitrogens with one attached hydrogen (secondary N) is 1.